The van der Waals surface area contributed by atoms with Gasteiger partial charge in [0, 0.05) is 17.9 Å². The topological polar surface area (TPSA) is 53.8 Å². The molecular weight excluding hydrogens is 138 g/mol. The summed E-state index contributed by atoms with van der Waals surface area (Å²) >= 11 is 0. The van der Waals surface area contributed by atoms with Crippen molar-refractivity contribution in [3.8, 4) is 0 Å². The van der Waals surface area contributed by atoms with Gasteiger partial charge in [0.25, 0.3) is 0 Å². The van der Waals surface area contributed by atoms with Gasteiger partial charge in [-0.05, 0) is 32.1 Å². The second-order valence-electron chi connectivity index (χ2n) is 2.54. The van der Waals surface area contributed by atoms with E-state index >= 15 is 0 Å². The molecule has 0 amide bonds. The molecule has 0 radical (unpaired) electrons. The second-order valence-corrected chi connectivity index (χ2v) is 2.54. The van der Waals surface area contributed by atoms with E-state index in [9.17, 15) is 0 Å². The van der Waals surface area contributed by atoms with E-state index < -0.39 is 0 Å². The highest BCUT2D eigenvalue weighted by Gasteiger charge is 2.06. The van der Waals surface area contributed by atoms with Gasteiger partial charge in [0.15, 0.2) is 0 Å². The molecule has 62 valence electrons. The van der Waals surface area contributed by atoms with Crippen LogP contribution in [0.1, 0.15) is 18.2 Å². The molecule has 3 heteroatoms. The molecule has 0 aromatic carbocycles. The predicted molar refractivity (Wildman–Crippen MR) is 46.3 cm³/mol. The van der Waals surface area contributed by atoms with Crippen molar-refractivity contribution in [3.05, 3.63) is 24.0 Å². The largest absolute Gasteiger partial charge is 0.364 e. The number of nitrogens with two attached hydrogens (primary N) is 1. The van der Waals surface area contributed by atoms with Crippen molar-refractivity contribution in [2.75, 3.05) is 13.6 Å². The Kier molecular flexibility index (Phi) is 3.14. The van der Waals surface area contributed by atoms with Crippen LogP contribution < -0.4 is 11.1 Å². The van der Waals surface area contributed by atoms with Crippen molar-refractivity contribution in [2.24, 2.45) is 5.73 Å². The van der Waals surface area contributed by atoms with Crippen LogP contribution in [0.5, 0.6) is 0 Å². The Labute approximate surface area is 67.0 Å². The smallest absolute Gasteiger partial charge is 0.0482 e. The summed E-state index contributed by atoms with van der Waals surface area (Å²) in [4.78, 5) is 3.15. The van der Waals surface area contributed by atoms with Gasteiger partial charge >= 0.3 is 0 Å². The summed E-state index contributed by atoms with van der Waals surface area (Å²) in [5.41, 5.74) is 6.66. The second kappa shape index (κ2) is 4.16. The van der Waals surface area contributed by atoms with Crippen LogP contribution in [0, 0.1) is 0 Å². The lowest BCUT2D eigenvalue weighted by Crippen LogP contribution is -2.20. The van der Waals surface area contributed by atoms with E-state index in [1.165, 1.54) is 5.69 Å². The first kappa shape index (κ1) is 8.30. The standard InChI is InChI=1S/C8H15N3/c1-10-7(4-5-9)8-3-2-6-11-8/h2-3,6-7,10-11H,4-5,9H2,1H3. The van der Waals surface area contributed by atoms with Crippen molar-refractivity contribution < 1.29 is 0 Å². The minimum absolute atomic E-state index is 0.370. The van der Waals surface area contributed by atoms with Crippen molar-refractivity contribution in [3.63, 3.8) is 0 Å². The van der Waals surface area contributed by atoms with E-state index in [2.05, 4.69) is 16.4 Å². The molecule has 1 unspecified atom stereocenters. The summed E-state index contributed by atoms with van der Waals surface area (Å²) in [6.07, 6.45) is 2.90. The fraction of sp³-hybridized carbons (Fsp3) is 0.500. The number of hydrogen-bond donors (Lipinski definition) is 3. The Morgan fingerprint density at radius 3 is 3.00 bits per heavy atom. The van der Waals surface area contributed by atoms with Gasteiger partial charge in [0.05, 0.1) is 0 Å². The highest BCUT2D eigenvalue weighted by atomic mass is 14.9. The molecule has 0 spiro atoms. The Morgan fingerprint density at radius 1 is 1.73 bits per heavy atom. The summed E-state index contributed by atoms with van der Waals surface area (Å²) in [5.74, 6) is 0. The molecule has 0 aliphatic rings. The molecule has 3 nitrogen and oxygen atoms in total. The van der Waals surface area contributed by atoms with Crippen LogP contribution in [0.3, 0.4) is 0 Å². The first-order valence-electron chi connectivity index (χ1n) is 3.89. The molecule has 1 aromatic rings. The molecule has 0 aliphatic carbocycles. The van der Waals surface area contributed by atoms with Crippen LogP contribution in [0.25, 0.3) is 0 Å². The number of aromatic nitrogens is 1. The highest BCUT2D eigenvalue weighted by molar-refractivity contribution is 5.08. The summed E-state index contributed by atoms with van der Waals surface area (Å²) < 4.78 is 0. The fourth-order valence-electron chi connectivity index (χ4n) is 1.18. The van der Waals surface area contributed by atoms with E-state index in [4.69, 9.17) is 5.73 Å². The summed E-state index contributed by atoms with van der Waals surface area (Å²) in [6.45, 7) is 0.713. The Hall–Kier alpha value is -0.800. The summed E-state index contributed by atoms with van der Waals surface area (Å²) in [6, 6.07) is 4.43. The van der Waals surface area contributed by atoms with Crippen molar-refractivity contribution in [1.82, 2.24) is 10.3 Å². The van der Waals surface area contributed by atoms with Crippen LogP contribution in [-0.2, 0) is 0 Å². The number of nitrogens with one attached hydrogen (secondary N) is 2. The zero-order chi connectivity index (χ0) is 8.10. The molecular formula is C8H15N3. The lowest BCUT2D eigenvalue weighted by Gasteiger charge is -2.12. The first-order chi connectivity index (χ1) is 5.38. The Morgan fingerprint density at radius 2 is 2.55 bits per heavy atom. The first-order valence-corrected chi connectivity index (χ1v) is 3.89. The van der Waals surface area contributed by atoms with Gasteiger partial charge in [-0.2, -0.15) is 0 Å². The molecule has 0 fully saturated rings. The quantitative estimate of drug-likeness (QED) is 0.594. The van der Waals surface area contributed by atoms with Crippen LogP contribution in [-0.4, -0.2) is 18.6 Å². The highest BCUT2D eigenvalue weighted by Crippen LogP contribution is 2.11. The molecule has 0 bridgehead atoms. The average molecular weight is 153 g/mol. The van der Waals surface area contributed by atoms with E-state index in [0.717, 1.165) is 6.42 Å². The summed E-state index contributed by atoms with van der Waals surface area (Å²) in [7, 11) is 1.95. The molecule has 1 heterocycles. The molecule has 1 atom stereocenters. The predicted octanol–water partition coefficient (Wildman–Crippen LogP) is 0.624. The number of aromatic amines is 1. The molecule has 0 saturated carbocycles. The number of hydrogen-bond acceptors (Lipinski definition) is 2. The SMILES string of the molecule is CNC(CCN)c1ccc[nH]1. The monoisotopic (exact) mass is 153 g/mol. The number of H-pyrrole nitrogens is 1. The van der Waals surface area contributed by atoms with Gasteiger partial charge in [-0.15, -0.1) is 0 Å². The maximum absolute atomic E-state index is 5.46. The van der Waals surface area contributed by atoms with E-state index in [1.807, 2.05) is 19.3 Å². The normalized spacial score (nSPS) is 13.3. The van der Waals surface area contributed by atoms with Crippen LogP contribution >= 0.6 is 0 Å². The zero-order valence-corrected chi connectivity index (χ0v) is 6.80. The third-order valence-electron chi connectivity index (χ3n) is 1.80. The summed E-state index contributed by atoms with van der Waals surface area (Å²) in [5, 5.41) is 3.19. The maximum atomic E-state index is 5.46. The molecule has 0 aliphatic heterocycles. The minimum Gasteiger partial charge on any atom is -0.364 e. The molecule has 4 N–H and O–H groups in total. The lowest BCUT2D eigenvalue weighted by molar-refractivity contribution is 0.545. The third kappa shape index (κ3) is 2.06. The van der Waals surface area contributed by atoms with E-state index in [0.29, 0.717) is 12.6 Å². The Balaban J connectivity index is 2.56. The molecule has 11 heavy (non-hydrogen) atoms. The fourth-order valence-corrected chi connectivity index (χ4v) is 1.18. The van der Waals surface area contributed by atoms with Gasteiger partial charge in [0.1, 0.15) is 0 Å². The molecule has 1 rings (SSSR count). The molecule has 1 aromatic heterocycles. The van der Waals surface area contributed by atoms with Crippen molar-refractivity contribution in [1.29, 1.82) is 0 Å². The minimum atomic E-state index is 0.370. The number of rotatable bonds is 4. The van der Waals surface area contributed by atoms with Gasteiger partial charge < -0.3 is 16.0 Å². The van der Waals surface area contributed by atoms with Gasteiger partial charge in [-0.1, -0.05) is 0 Å². The lowest BCUT2D eigenvalue weighted by atomic mass is 10.1. The molecule has 0 saturated heterocycles. The van der Waals surface area contributed by atoms with Crippen LogP contribution in [0.15, 0.2) is 18.3 Å². The van der Waals surface area contributed by atoms with E-state index in [1.54, 1.807) is 0 Å². The van der Waals surface area contributed by atoms with Crippen LogP contribution in [0.2, 0.25) is 0 Å². The van der Waals surface area contributed by atoms with Crippen molar-refractivity contribution >= 4 is 0 Å². The van der Waals surface area contributed by atoms with Crippen molar-refractivity contribution in [2.45, 2.75) is 12.5 Å². The van der Waals surface area contributed by atoms with Gasteiger partial charge in [-0.25, -0.2) is 0 Å². The Bertz CT molecular complexity index is 181. The zero-order valence-electron chi connectivity index (χ0n) is 6.80. The van der Waals surface area contributed by atoms with E-state index in [-0.39, 0.29) is 0 Å². The third-order valence-corrected chi connectivity index (χ3v) is 1.80. The maximum Gasteiger partial charge on any atom is 0.0482 e. The average Bonchev–Trinajstić information content (AvgIpc) is 2.52. The van der Waals surface area contributed by atoms with Gasteiger partial charge in [-0.3, -0.25) is 0 Å². The van der Waals surface area contributed by atoms with Crippen LogP contribution in [0.4, 0.5) is 0 Å². The van der Waals surface area contributed by atoms with Gasteiger partial charge in [0.2, 0.25) is 0 Å².